The molecule has 104 valence electrons. The summed E-state index contributed by atoms with van der Waals surface area (Å²) in [4.78, 5) is 28.5. The van der Waals surface area contributed by atoms with Crippen LogP contribution in [0.3, 0.4) is 0 Å². The van der Waals surface area contributed by atoms with Gasteiger partial charge < -0.3 is 19.6 Å². The lowest BCUT2D eigenvalue weighted by Gasteiger charge is -2.23. The first-order valence-electron chi connectivity index (χ1n) is 4.94. The summed E-state index contributed by atoms with van der Waals surface area (Å²) in [6.07, 6.45) is -0.133. The molecule has 0 aliphatic heterocycles. The summed E-state index contributed by atoms with van der Waals surface area (Å²) in [5.74, 6) is 0. The van der Waals surface area contributed by atoms with E-state index in [1.54, 1.807) is 0 Å². The molecule has 0 saturated heterocycles. The second kappa shape index (κ2) is 6.97. The fraction of sp³-hybridized carbons (Fsp3) is 1.00. The van der Waals surface area contributed by atoms with Gasteiger partial charge in [0.05, 0.1) is 0 Å². The molecule has 0 saturated carbocycles. The molecule has 0 bridgehead atoms. The largest absolute Gasteiger partial charge is 0.341 e. The van der Waals surface area contributed by atoms with Crippen molar-refractivity contribution in [2.75, 3.05) is 40.1 Å². The van der Waals surface area contributed by atoms with Gasteiger partial charge in [0.2, 0.25) is 0 Å². The first kappa shape index (κ1) is 17.2. The van der Waals surface area contributed by atoms with Crippen LogP contribution in [0, 0.1) is 0 Å². The zero-order valence-corrected chi connectivity index (χ0v) is 12.0. The Morgan fingerprint density at radius 2 is 1.65 bits per heavy atom. The SMILES string of the molecule is CN(C)CCCN(CP(=O)(O)O)OP(C)(=O)O. The molecule has 8 nitrogen and oxygen atoms in total. The molecule has 1 unspecified atom stereocenters. The van der Waals surface area contributed by atoms with Gasteiger partial charge in [0.1, 0.15) is 6.29 Å². The fourth-order valence-corrected chi connectivity index (χ4v) is 2.39. The lowest BCUT2D eigenvalue weighted by atomic mass is 10.4. The molecule has 0 amide bonds. The van der Waals surface area contributed by atoms with Crippen LogP contribution in [0.25, 0.3) is 0 Å². The van der Waals surface area contributed by atoms with E-state index in [1.165, 1.54) is 0 Å². The van der Waals surface area contributed by atoms with Gasteiger partial charge in [-0.1, -0.05) is 0 Å². The van der Waals surface area contributed by atoms with E-state index < -0.39 is 21.5 Å². The summed E-state index contributed by atoms with van der Waals surface area (Å²) in [5.41, 5.74) is 0. The van der Waals surface area contributed by atoms with Crippen molar-refractivity contribution in [2.45, 2.75) is 6.42 Å². The van der Waals surface area contributed by atoms with Crippen LogP contribution in [0.4, 0.5) is 0 Å². The van der Waals surface area contributed by atoms with E-state index in [2.05, 4.69) is 4.62 Å². The lowest BCUT2D eigenvalue weighted by molar-refractivity contribution is -0.0539. The predicted octanol–water partition coefficient (Wildman–Crippen LogP) is 0.122. The van der Waals surface area contributed by atoms with Crippen molar-refractivity contribution in [3.63, 3.8) is 0 Å². The molecule has 0 aromatic rings. The van der Waals surface area contributed by atoms with Crippen molar-refractivity contribution >= 4 is 15.2 Å². The summed E-state index contributed by atoms with van der Waals surface area (Å²) in [7, 11) is -4.42. The molecule has 10 heteroatoms. The van der Waals surface area contributed by atoms with Gasteiger partial charge in [0.15, 0.2) is 0 Å². The maximum atomic E-state index is 11.0. The highest BCUT2D eigenvalue weighted by atomic mass is 31.2. The zero-order chi connectivity index (χ0) is 13.7. The van der Waals surface area contributed by atoms with E-state index >= 15 is 0 Å². The quantitative estimate of drug-likeness (QED) is 0.427. The molecule has 0 spiro atoms. The van der Waals surface area contributed by atoms with E-state index in [9.17, 15) is 9.13 Å². The molecule has 1 atom stereocenters. The van der Waals surface area contributed by atoms with Crippen LogP contribution in [0.1, 0.15) is 6.42 Å². The maximum Gasteiger partial charge on any atom is 0.341 e. The zero-order valence-electron chi connectivity index (χ0n) is 10.2. The Morgan fingerprint density at radius 3 is 2.00 bits per heavy atom. The molecule has 0 radical (unpaired) electrons. The Bertz CT molecular complexity index is 287. The Morgan fingerprint density at radius 1 is 1.12 bits per heavy atom. The predicted molar refractivity (Wildman–Crippen MR) is 63.6 cm³/mol. The van der Waals surface area contributed by atoms with Crippen LogP contribution in [0.5, 0.6) is 0 Å². The van der Waals surface area contributed by atoms with Crippen LogP contribution < -0.4 is 0 Å². The molecule has 0 aliphatic rings. The van der Waals surface area contributed by atoms with E-state index in [0.717, 1.165) is 11.7 Å². The number of hydrogen-bond donors (Lipinski definition) is 3. The van der Waals surface area contributed by atoms with E-state index in [0.29, 0.717) is 13.0 Å². The average Bonchev–Trinajstić information content (AvgIpc) is 1.95. The summed E-state index contributed by atoms with van der Waals surface area (Å²) >= 11 is 0. The average molecular weight is 290 g/mol. The van der Waals surface area contributed by atoms with E-state index in [4.69, 9.17) is 14.7 Å². The number of hydroxylamine groups is 2. The van der Waals surface area contributed by atoms with Gasteiger partial charge >= 0.3 is 15.2 Å². The van der Waals surface area contributed by atoms with Gasteiger partial charge in [-0.05, 0) is 27.1 Å². The highest BCUT2D eigenvalue weighted by molar-refractivity contribution is 7.52. The third-order valence-electron chi connectivity index (χ3n) is 1.62. The molecular weight excluding hydrogens is 270 g/mol. The van der Waals surface area contributed by atoms with Crippen LogP contribution in [-0.4, -0.2) is 64.8 Å². The molecule has 0 aromatic carbocycles. The van der Waals surface area contributed by atoms with E-state index in [-0.39, 0.29) is 6.54 Å². The summed E-state index contributed by atoms with van der Waals surface area (Å²) in [6.45, 7) is 1.81. The monoisotopic (exact) mass is 290 g/mol. The van der Waals surface area contributed by atoms with Crippen molar-refractivity contribution in [1.29, 1.82) is 0 Å². The second-order valence-corrected chi connectivity index (χ2v) is 7.43. The van der Waals surface area contributed by atoms with Gasteiger partial charge in [0, 0.05) is 13.2 Å². The van der Waals surface area contributed by atoms with Gasteiger partial charge in [-0.3, -0.25) is 9.13 Å². The maximum absolute atomic E-state index is 11.0. The van der Waals surface area contributed by atoms with Crippen molar-refractivity contribution in [3.8, 4) is 0 Å². The summed E-state index contributed by atoms with van der Waals surface area (Å²) in [6, 6.07) is 0. The third kappa shape index (κ3) is 12.5. The molecule has 3 N–H and O–H groups in total. The topological polar surface area (TPSA) is 111 Å². The standard InChI is InChI=1S/C7H20N2O6P2/c1-8(2)5-4-6-9(7-17(12,13)14)15-16(3,10)11/h4-7H2,1-3H3,(H,10,11)(H2,12,13,14). The smallest absolute Gasteiger partial charge is 0.324 e. The van der Waals surface area contributed by atoms with Crippen LogP contribution in [0.15, 0.2) is 0 Å². The molecular formula is C7H20N2O6P2. The van der Waals surface area contributed by atoms with Crippen molar-refractivity contribution < 1.29 is 28.4 Å². The van der Waals surface area contributed by atoms with Crippen molar-refractivity contribution in [2.24, 2.45) is 0 Å². The van der Waals surface area contributed by atoms with Crippen molar-refractivity contribution in [3.05, 3.63) is 0 Å². The number of rotatable bonds is 8. The first-order chi connectivity index (χ1) is 7.49. The third-order valence-corrected chi connectivity index (χ3v) is 2.84. The minimum absolute atomic E-state index is 0.168. The molecule has 0 heterocycles. The number of nitrogens with zero attached hydrogens (tertiary/aromatic N) is 2. The highest BCUT2D eigenvalue weighted by Gasteiger charge is 2.24. The fourth-order valence-electron chi connectivity index (χ4n) is 1.12. The Hall–Kier alpha value is 0.220. The van der Waals surface area contributed by atoms with Crippen molar-refractivity contribution in [1.82, 2.24) is 9.96 Å². The Balaban J connectivity index is 4.31. The van der Waals surface area contributed by atoms with Gasteiger partial charge in [-0.2, -0.15) is 5.06 Å². The Kier molecular flexibility index (Phi) is 7.06. The van der Waals surface area contributed by atoms with Gasteiger partial charge in [0.25, 0.3) is 0 Å². The van der Waals surface area contributed by atoms with Gasteiger partial charge in [-0.25, -0.2) is 4.62 Å². The molecule has 0 aliphatic carbocycles. The molecule has 0 fully saturated rings. The van der Waals surface area contributed by atoms with E-state index in [1.807, 2.05) is 19.0 Å². The summed E-state index contributed by atoms with van der Waals surface area (Å²) in [5, 5.41) is 0.852. The molecule has 0 aromatic heterocycles. The second-order valence-electron chi connectivity index (χ2n) is 4.05. The minimum atomic E-state index is -4.32. The van der Waals surface area contributed by atoms with Crippen LogP contribution >= 0.6 is 15.2 Å². The lowest BCUT2D eigenvalue weighted by Crippen LogP contribution is -2.27. The molecule has 17 heavy (non-hydrogen) atoms. The summed E-state index contributed by atoms with van der Waals surface area (Å²) < 4.78 is 26.5. The molecule has 0 rings (SSSR count). The van der Waals surface area contributed by atoms with Crippen LogP contribution in [-0.2, 0) is 13.8 Å². The minimum Gasteiger partial charge on any atom is -0.324 e. The number of hydrogen-bond acceptors (Lipinski definition) is 5. The van der Waals surface area contributed by atoms with Crippen LogP contribution in [0.2, 0.25) is 0 Å². The highest BCUT2D eigenvalue weighted by Crippen LogP contribution is 2.42. The Labute approximate surface area is 101 Å². The first-order valence-corrected chi connectivity index (χ1v) is 8.76. The van der Waals surface area contributed by atoms with Gasteiger partial charge in [-0.15, -0.1) is 0 Å². The normalized spacial score (nSPS) is 16.5.